The van der Waals surface area contributed by atoms with Crippen molar-refractivity contribution in [2.45, 2.75) is 19.3 Å². The molecule has 0 saturated carbocycles. The molecule has 2 rings (SSSR count). The van der Waals surface area contributed by atoms with Gasteiger partial charge >= 0.3 is 0 Å². The minimum atomic E-state index is -0.394. The van der Waals surface area contributed by atoms with Crippen molar-refractivity contribution in [2.75, 3.05) is 19.5 Å². The first kappa shape index (κ1) is 16.7. The first-order valence-electron chi connectivity index (χ1n) is 7.24. The Morgan fingerprint density at radius 2 is 2.00 bits per heavy atom. The van der Waals surface area contributed by atoms with E-state index in [9.17, 15) is 9.18 Å². The van der Waals surface area contributed by atoms with E-state index < -0.39 is 5.82 Å². The van der Waals surface area contributed by atoms with Gasteiger partial charge in [-0.05, 0) is 30.5 Å². The van der Waals surface area contributed by atoms with E-state index in [-0.39, 0.29) is 11.7 Å². The lowest BCUT2D eigenvalue weighted by Gasteiger charge is -2.09. The number of pyridine rings is 1. The van der Waals surface area contributed by atoms with E-state index >= 15 is 0 Å². The molecule has 6 heteroatoms. The summed E-state index contributed by atoms with van der Waals surface area (Å²) in [6.45, 7) is 0. The fourth-order valence-electron chi connectivity index (χ4n) is 2.18. The molecule has 1 aromatic carbocycles. The van der Waals surface area contributed by atoms with Gasteiger partial charge in [0.1, 0.15) is 11.4 Å². The number of rotatable bonds is 7. The van der Waals surface area contributed by atoms with Crippen molar-refractivity contribution in [3.05, 3.63) is 48.0 Å². The number of hydrogen-bond donors (Lipinski definition) is 1. The maximum Gasteiger partial charge on any atom is 0.224 e. The third-order valence-electron chi connectivity index (χ3n) is 3.36. The Kier molecular flexibility index (Phi) is 5.91. The molecule has 0 aliphatic carbocycles. The fraction of sp³-hybridized carbons (Fsp3) is 0.294. The van der Waals surface area contributed by atoms with Gasteiger partial charge in [-0.2, -0.15) is 0 Å². The molecule has 0 aliphatic heterocycles. The van der Waals surface area contributed by atoms with Crippen molar-refractivity contribution < 1.29 is 18.7 Å². The number of carbonyl (C=O) groups is 1. The summed E-state index contributed by atoms with van der Waals surface area (Å²) in [6.07, 6.45) is 4.67. The molecule has 0 saturated heterocycles. The number of halogens is 1. The lowest BCUT2D eigenvalue weighted by atomic mass is 10.1. The summed E-state index contributed by atoms with van der Waals surface area (Å²) in [5, 5.41) is 2.76. The van der Waals surface area contributed by atoms with Crippen LogP contribution in [-0.4, -0.2) is 25.1 Å². The van der Waals surface area contributed by atoms with Crippen molar-refractivity contribution in [3.63, 3.8) is 0 Å². The number of ether oxygens (including phenoxy) is 2. The lowest BCUT2D eigenvalue weighted by Crippen LogP contribution is -2.12. The van der Waals surface area contributed by atoms with Crippen LogP contribution in [0.5, 0.6) is 11.5 Å². The number of benzene rings is 1. The van der Waals surface area contributed by atoms with Crippen LogP contribution in [0.1, 0.15) is 18.4 Å². The van der Waals surface area contributed by atoms with Crippen LogP contribution >= 0.6 is 0 Å². The molecule has 1 amide bonds. The van der Waals surface area contributed by atoms with Gasteiger partial charge in [-0.15, -0.1) is 0 Å². The molecule has 0 atom stereocenters. The summed E-state index contributed by atoms with van der Waals surface area (Å²) >= 11 is 0. The molecule has 0 radical (unpaired) electrons. The number of hydrogen-bond acceptors (Lipinski definition) is 4. The van der Waals surface area contributed by atoms with E-state index in [2.05, 4.69) is 10.3 Å². The normalized spacial score (nSPS) is 10.2. The number of nitrogens with zero attached hydrogens (tertiary/aromatic N) is 1. The second kappa shape index (κ2) is 8.12. The summed E-state index contributed by atoms with van der Waals surface area (Å²) in [4.78, 5) is 15.9. The highest BCUT2D eigenvalue weighted by Gasteiger charge is 2.08. The van der Waals surface area contributed by atoms with E-state index in [1.165, 1.54) is 26.5 Å². The van der Waals surface area contributed by atoms with Crippen molar-refractivity contribution in [3.8, 4) is 11.5 Å². The molecule has 0 unspecified atom stereocenters. The first-order valence-corrected chi connectivity index (χ1v) is 7.24. The van der Waals surface area contributed by atoms with Crippen LogP contribution in [0.3, 0.4) is 0 Å². The maximum atomic E-state index is 13.6. The van der Waals surface area contributed by atoms with E-state index in [1.54, 1.807) is 24.4 Å². The summed E-state index contributed by atoms with van der Waals surface area (Å²) < 4.78 is 23.6. The second-order valence-electron chi connectivity index (χ2n) is 4.95. The molecule has 2 aromatic rings. The van der Waals surface area contributed by atoms with Gasteiger partial charge in [-0.1, -0.05) is 6.07 Å². The number of aromatic nitrogens is 1. The van der Waals surface area contributed by atoms with Crippen LogP contribution in [0.15, 0.2) is 36.7 Å². The first-order chi connectivity index (χ1) is 11.1. The number of aryl methyl sites for hydroxylation is 1. The highest BCUT2D eigenvalue weighted by Crippen LogP contribution is 2.22. The fourth-order valence-corrected chi connectivity index (χ4v) is 2.18. The Morgan fingerprint density at radius 1 is 1.22 bits per heavy atom. The molecule has 0 aliphatic rings. The van der Waals surface area contributed by atoms with Gasteiger partial charge in [-0.25, -0.2) is 4.39 Å². The predicted octanol–water partition coefficient (Wildman–Crippen LogP) is 3.20. The molecular weight excluding hydrogens is 299 g/mol. The van der Waals surface area contributed by atoms with Crippen LogP contribution in [0.4, 0.5) is 10.1 Å². The number of carbonyl (C=O) groups excluding carboxylic acids is 1. The number of anilines is 1. The van der Waals surface area contributed by atoms with E-state index in [4.69, 9.17) is 9.47 Å². The number of nitrogens with one attached hydrogen (secondary N) is 1. The second-order valence-corrected chi connectivity index (χ2v) is 4.95. The molecule has 0 fully saturated rings. The number of methoxy groups -OCH3 is 2. The molecule has 122 valence electrons. The van der Waals surface area contributed by atoms with Crippen LogP contribution in [0, 0.1) is 5.82 Å². The zero-order valence-corrected chi connectivity index (χ0v) is 13.1. The Hall–Kier alpha value is -2.63. The average Bonchev–Trinajstić information content (AvgIpc) is 2.55. The lowest BCUT2D eigenvalue weighted by molar-refractivity contribution is -0.116. The summed E-state index contributed by atoms with van der Waals surface area (Å²) in [7, 11) is 2.96. The summed E-state index contributed by atoms with van der Waals surface area (Å²) in [5.41, 5.74) is 1.37. The zero-order valence-electron chi connectivity index (χ0n) is 13.1. The Labute approximate surface area is 134 Å². The monoisotopic (exact) mass is 318 g/mol. The largest absolute Gasteiger partial charge is 0.494 e. The minimum absolute atomic E-state index is 0.134. The van der Waals surface area contributed by atoms with Crippen molar-refractivity contribution in [2.24, 2.45) is 0 Å². The van der Waals surface area contributed by atoms with Crippen LogP contribution in [-0.2, 0) is 11.2 Å². The van der Waals surface area contributed by atoms with Gasteiger partial charge in [0.15, 0.2) is 11.6 Å². The smallest absolute Gasteiger partial charge is 0.224 e. The zero-order chi connectivity index (χ0) is 16.7. The van der Waals surface area contributed by atoms with Crippen molar-refractivity contribution >= 4 is 11.6 Å². The van der Waals surface area contributed by atoms with E-state index in [0.29, 0.717) is 30.7 Å². The molecule has 23 heavy (non-hydrogen) atoms. The minimum Gasteiger partial charge on any atom is -0.494 e. The molecule has 1 heterocycles. The highest BCUT2D eigenvalue weighted by atomic mass is 19.1. The molecule has 5 nitrogen and oxygen atoms in total. The Balaban J connectivity index is 1.84. The van der Waals surface area contributed by atoms with Gasteiger partial charge in [0.25, 0.3) is 0 Å². The Bertz CT molecular complexity index is 677. The predicted molar refractivity (Wildman–Crippen MR) is 85.3 cm³/mol. The highest BCUT2D eigenvalue weighted by molar-refractivity contribution is 5.91. The molecular formula is C17H19FN2O3. The van der Waals surface area contributed by atoms with Crippen LogP contribution < -0.4 is 14.8 Å². The van der Waals surface area contributed by atoms with Crippen LogP contribution in [0.2, 0.25) is 0 Å². The van der Waals surface area contributed by atoms with Gasteiger partial charge in [0.05, 0.1) is 20.4 Å². The molecule has 1 aromatic heterocycles. The van der Waals surface area contributed by atoms with E-state index in [0.717, 1.165) is 5.56 Å². The third kappa shape index (κ3) is 4.67. The van der Waals surface area contributed by atoms with Gasteiger partial charge in [0, 0.05) is 18.7 Å². The van der Waals surface area contributed by atoms with Gasteiger partial charge < -0.3 is 14.8 Å². The summed E-state index contributed by atoms with van der Waals surface area (Å²) in [5.74, 6) is 0.251. The number of amides is 1. The van der Waals surface area contributed by atoms with Crippen molar-refractivity contribution in [1.29, 1.82) is 0 Å². The molecule has 0 spiro atoms. The maximum absolute atomic E-state index is 13.6. The molecule has 1 N–H and O–H groups in total. The van der Waals surface area contributed by atoms with E-state index in [1.807, 2.05) is 0 Å². The van der Waals surface area contributed by atoms with Crippen LogP contribution in [0.25, 0.3) is 0 Å². The van der Waals surface area contributed by atoms with Gasteiger partial charge in [0.2, 0.25) is 5.91 Å². The SMILES string of the molecule is COc1ccc(CCCC(=O)Nc2cnccc2OC)cc1F. The van der Waals surface area contributed by atoms with Crippen molar-refractivity contribution in [1.82, 2.24) is 4.98 Å². The third-order valence-corrected chi connectivity index (χ3v) is 3.36. The average molecular weight is 318 g/mol. The van der Waals surface area contributed by atoms with Gasteiger partial charge in [-0.3, -0.25) is 9.78 Å². The Morgan fingerprint density at radius 3 is 2.70 bits per heavy atom. The summed E-state index contributed by atoms with van der Waals surface area (Å²) in [6, 6.07) is 6.49. The molecule has 0 bridgehead atoms. The quantitative estimate of drug-likeness (QED) is 0.851. The standard InChI is InChI=1S/C17H19FN2O3/c1-22-15-7-6-12(10-13(15)18)4-3-5-17(21)20-14-11-19-9-8-16(14)23-2/h6-11H,3-5H2,1-2H3,(H,20,21). The topological polar surface area (TPSA) is 60.5 Å².